The van der Waals surface area contributed by atoms with Crippen molar-refractivity contribution in [1.82, 2.24) is 4.90 Å². The summed E-state index contributed by atoms with van der Waals surface area (Å²) in [6.45, 7) is 14.3. The maximum absolute atomic E-state index is 12.1. The Morgan fingerprint density at radius 2 is 1.76 bits per heavy atom. The molecule has 0 heterocycles. The highest BCUT2D eigenvalue weighted by Gasteiger charge is 2.37. The number of aldehydes is 1. The van der Waals surface area contributed by atoms with Gasteiger partial charge in [-0.15, -0.1) is 6.58 Å². The summed E-state index contributed by atoms with van der Waals surface area (Å²) in [5.74, 6) is 0. The Hall–Kier alpha value is -1.32. The molecule has 98 valence electrons. The molecule has 4 nitrogen and oxygen atoms in total. The fourth-order valence-corrected chi connectivity index (χ4v) is 1.48. The van der Waals surface area contributed by atoms with Crippen molar-refractivity contribution < 1.29 is 14.3 Å². The lowest BCUT2D eigenvalue weighted by Gasteiger charge is -2.38. The van der Waals surface area contributed by atoms with Gasteiger partial charge in [0.2, 0.25) is 0 Å². The molecular formula is C13H23NO3. The second-order valence-corrected chi connectivity index (χ2v) is 5.49. The molecular weight excluding hydrogens is 218 g/mol. The molecule has 0 spiro atoms. The van der Waals surface area contributed by atoms with Crippen LogP contribution in [0, 0.1) is 0 Å². The molecule has 0 saturated carbocycles. The Kier molecular flexibility index (Phi) is 4.93. The van der Waals surface area contributed by atoms with Crippen molar-refractivity contribution in [2.45, 2.75) is 58.7 Å². The number of rotatable bonds is 4. The third-order valence-electron chi connectivity index (χ3n) is 2.28. The van der Waals surface area contributed by atoms with Crippen molar-refractivity contribution in [1.29, 1.82) is 0 Å². The van der Waals surface area contributed by atoms with Crippen molar-refractivity contribution in [2.75, 3.05) is 0 Å². The normalized spacial score (nSPS) is 15.0. The maximum Gasteiger partial charge on any atom is 0.411 e. The van der Waals surface area contributed by atoms with Crippen LogP contribution in [0.25, 0.3) is 0 Å². The SMILES string of the molecule is C=CC(C)(C=O)N(C(=O)OC(C)(C)C)C(C)C. The van der Waals surface area contributed by atoms with Crippen LogP contribution in [0.2, 0.25) is 0 Å². The molecule has 0 rings (SSSR count). The van der Waals surface area contributed by atoms with Crippen LogP contribution in [0.1, 0.15) is 41.5 Å². The predicted molar refractivity (Wildman–Crippen MR) is 67.9 cm³/mol. The Morgan fingerprint density at radius 1 is 1.29 bits per heavy atom. The summed E-state index contributed by atoms with van der Waals surface area (Å²) in [5.41, 5.74) is -1.63. The van der Waals surface area contributed by atoms with Crippen molar-refractivity contribution in [3.05, 3.63) is 12.7 Å². The standard InChI is InChI=1S/C13H23NO3/c1-8-13(7,9-15)14(10(2)3)11(16)17-12(4,5)6/h8-10H,1H2,2-7H3. The molecule has 0 aromatic carbocycles. The fraction of sp³-hybridized carbons (Fsp3) is 0.692. The van der Waals surface area contributed by atoms with Gasteiger partial charge >= 0.3 is 6.09 Å². The first kappa shape index (κ1) is 15.7. The van der Waals surface area contributed by atoms with Gasteiger partial charge in [-0.2, -0.15) is 0 Å². The highest BCUT2D eigenvalue weighted by Crippen LogP contribution is 2.21. The molecule has 0 aliphatic rings. The molecule has 1 amide bonds. The molecule has 0 saturated heterocycles. The zero-order chi connectivity index (χ0) is 13.9. The minimum absolute atomic E-state index is 0.155. The highest BCUT2D eigenvalue weighted by atomic mass is 16.6. The van der Waals surface area contributed by atoms with E-state index >= 15 is 0 Å². The van der Waals surface area contributed by atoms with Crippen LogP contribution in [-0.2, 0) is 9.53 Å². The molecule has 0 N–H and O–H groups in total. The third kappa shape index (κ3) is 4.21. The summed E-state index contributed by atoms with van der Waals surface area (Å²) in [5, 5.41) is 0. The van der Waals surface area contributed by atoms with E-state index in [-0.39, 0.29) is 6.04 Å². The fourth-order valence-electron chi connectivity index (χ4n) is 1.48. The van der Waals surface area contributed by atoms with Crippen molar-refractivity contribution in [2.24, 2.45) is 0 Å². The van der Waals surface area contributed by atoms with Gasteiger partial charge in [-0.3, -0.25) is 4.90 Å². The van der Waals surface area contributed by atoms with Crippen LogP contribution >= 0.6 is 0 Å². The number of carbonyl (C=O) groups excluding carboxylic acids is 2. The second kappa shape index (κ2) is 5.34. The maximum atomic E-state index is 12.1. The van der Waals surface area contributed by atoms with E-state index in [0.29, 0.717) is 6.29 Å². The number of hydrogen-bond acceptors (Lipinski definition) is 3. The Labute approximate surface area is 104 Å². The molecule has 0 radical (unpaired) electrons. The lowest BCUT2D eigenvalue weighted by Crippen LogP contribution is -2.54. The van der Waals surface area contributed by atoms with Gasteiger partial charge in [-0.25, -0.2) is 4.79 Å². The third-order valence-corrected chi connectivity index (χ3v) is 2.28. The summed E-state index contributed by atoms with van der Waals surface area (Å²) in [6.07, 6.45) is 1.63. The van der Waals surface area contributed by atoms with Gasteiger partial charge in [0, 0.05) is 6.04 Å². The predicted octanol–water partition coefficient (Wildman–Crippen LogP) is 2.78. The molecule has 0 aliphatic heterocycles. The number of ether oxygens (including phenoxy) is 1. The molecule has 1 atom stereocenters. The molecule has 0 bridgehead atoms. The molecule has 4 heteroatoms. The molecule has 0 aromatic heterocycles. The zero-order valence-electron chi connectivity index (χ0n) is 11.6. The summed E-state index contributed by atoms with van der Waals surface area (Å²) in [6, 6.07) is -0.155. The van der Waals surface area contributed by atoms with Crippen LogP contribution in [-0.4, -0.2) is 34.5 Å². The first-order chi connectivity index (χ1) is 7.57. The summed E-state index contributed by atoms with van der Waals surface area (Å²) < 4.78 is 5.29. The van der Waals surface area contributed by atoms with E-state index in [1.165, 1.54) is 11.0 Å². The largest absolute Gasteiger partial charge is 0.444 e. The van der Waals surface area contributed by atoms with Gasteiger partial charge in [0.25, 0.3) is 0 Å². The summed E-state index contributed by atoms with van der Waals surface area (Å²) >= 11 is 0. The Morgan fingerprint density at radius 3 is 2.00 bits per heavy atom. The van der Waals surface area contributed by atoms with Gasteiger partial charge in [0.1, 0.15) is 17.4 Å². The highest BCUT2D eigenvalue weighted by molar-refractivity contribution is 5.78. The average Bonchev–Trinajstić information content (AvgIpc) is 2.14. The minimum Gasteiger partial charge on any atom is -0.444 e. The minimum atomic E-state index is -1.05. The quantitative estimate of drug-likeness (QED) is 0.561. The van der Waals surface area contributed by atoms with E-state index in [1.54, 1.807) is 27.7 Å². The number of hydrogen-bond donors (Lipinski definition) is 0. The van der Waals surface area contributed by atoms with Gasteiger partial charge in [0.05, 0.1) is 0 Å². The lowest BCUT2D eigenvalue weighted by atomic mass is 10.0. The van der Waals surface area contributed by atoms with Crippen molar-refractivity contribution in [3.63, 3.8) is 0 Å². The topological polar surface area (TPSA) is 46.6 Å². The van der Waals surface area contributed by atoms with Gasteiger partial charge in [-0.05, 0) is 41.5 Å². The Balaban J connectivity index is 5.18. The molecule has 17 heavy (non-hydrogen) atoms. The first-order valence-corrected chi connectivity index (χ1v) is 5.69. The summed E-state index contributed by atoms with van der Waals surface area (Å²) in [4.78, 5) is 24.6. The van der Waals surface area contributed by atoms with Crippen LogP contribution < -0.4 is 0 Å². The molecule has 0 aromatic rings. The second-order valence-electron chi connectivity index (χ2n) is 5.49. The van der Waals surface area contributed by atoms with Gasteiger partial charge in [-0.1, -0.05) is 6.08 Å². The number of amides is 1. The van der Waals surface area contributed by atoms with Crippen LogP contribution in [0.5, 0.6) is 0 Å². The van der Waals surface area contributed by atoms with E-state index in [9.17, 15) is 9.59 Å². The number of carbonyl (C=O) groups is 2. The zero-order valence-corrected chi connectivity index (χ0v) is 11.6. The van der Waals surface area contributed by atoms with Gasteiger partial charge in [0.15, 0.2) is 0 Å². The number of nitrogens with zero attached hydrogens (tertiary/aromatic N) is 1. The van der Waals surface area contributed by atoms with Crippen LogP contribution in [0.15, 0.2) is 12.7 Å². The van der Waals surface area contributed by atoms with Crippen molar-refractivity contribution in [3.8, 4) is 0 Å². The monoisotopic (exact) mass is 241 g/mol. The van der Waals surface area contributed by atoms with E-state index in [2.05, 4.69) is 6.58 Å². The smallest absolute Gasteiger partial charge is 0.411 e. The lowest BCUT2D eigenvalue weighted by molar-refractivity contribution is -0.116. The summed E-state index contributed by atoms with van der Waals surface area (Å²) in [7, 11) is 0. The van der Waals surface area contributed by atoms with E-state index in [0.717, 1.165) is 0 Å². The van der Waals surface area contributed by atoms with E-state index < -0.39 is 17.2 Å². The average molecular weight is 241 g/mol. The molecule has 1 unspecified atom stereocenters. The van der Waals surface area contributed by atoms with Crippen LogP contribution in [0.3, 0.4) is 0 Å². The van der Waals surface area contributed by atoms with Gasteiger partial charge < -0.3 is 9.53 Å². The van der Waals surface area contributed by atoms with Crippen molar-refractivity contribution >= 4 is 12.4 Å². The van der Waals surface area contributed by atoms with Crippen LogP contribution in [0.4, 0.5) is 4.79 Å². The molecule has 0 aliphatic carbocycles. The Bertz CT molecular complexity index is 294. The van der Waals surface area contributed by atoms with E-state index in [1.807, 2.05) is 13.8 Å². The first-order valence-electron chi connectivity index (χ1n) is 5.69. The molecule has 0 fully saturated rings. The van der Waals surface area contributed by atoms with E-state index in [4.69, 9.17) is 4.74 Å².